The van der Waals surface area contributed by atoms with Crippen molar-refractivity contribution in [2.45, 2.75) is 58.5 Å². The first-order valence-corrected chi connectivity index (χ1v) is 8.64. The molecular weight excluding hydrogens is 372 g/mol. The quantitative estimate of drug-likeness (QED) is 0.261. The molecule has 1 amide bonds. The van der Waals surface area contributed by atoms with Crippen molar-refractivity contribution in [3.63, 3.8) is 0 Å². The zero-order chi connectivity index (χ0) is 21.5. The Morgan fingerprint density at radius 3 is 2.57 bits per heavy atom. The third-order valence-corrected chi connectivity index (χ3v) is 3.48. The van der Waals surface area contributed by atoms with E-state index < -0.39 is 42.5 Å². The topological polar surface area (TPSA) is 167 Å². The molecule has 0 saturated heterocycles. The molecule has 0 unspecified atom stereocenters. The van der Waals surface area contributed by atoms with Crippen LogP contribution in [0.15, 0.2) is 15.6 Å². The van der Waals surface area contributed by atoms with Crippen LogP contribution in [0, 0.1) is 6.92 Å². The van der Waals surface area contributed by atoms with Gasteiger partial charge in [-0.3, -0.25) is 0 Å². The summed E-state index contributed by atoms with van der Waals surface area (Å²) in [6, 6.07) is 0.0272. The molecule has 0 aromatic carbocycles. The lowest BCUT2D eigenvalue weighted by Crippen LogP contribution is -2.44. The number of carbonyl (C=O) groups is 2. The van der Waals surface area contributed by atoms with Gasteiger partial charge in [0, 0.05) is 4.91 Å². The molecule has 0 aliphatic rings. The number of aliphatic hydroxyl groups is 2. The monoisotopic (exact) mass is 398 g/mol. The smallest absolute Gasteiger partial charge is 0.408 e. The van der Waals surface area contributed by atoms with E-state index >= 15 is 0 Å². The lowest BCUT2D eigenvalue weighted by atomic mass is 10.0. The number of ether oxygens (including phenoxy) is 2. The predicted molar refractivity (Wildman–Crippen MR) is 97.5 cm³/mol. The van der Waals surface area contributed by atoms with Crippen molar-refractivity contribution < 1.29 is 33.7 Å². The minimum Gasteiger partial charge on any atom is -0.463 e. The van der Waals surface area contributed by atoms with Gasteiger partial charge in [-0.25, -0.2) is 9.59 Å². The highest BCUT2D eigenvalue weighted by Crippen LogP contribution is 2.26. The van der Waals surface area contributed by atoms with Crippen molar-refractivity contribution in [3.05, 3.63) is 33.6 Å². The summed E-state index contributed by atoms with van der Waals surface area (Å²) < 4.78 is 15.6. The van der Waals surface area contributed by atoms with E-state index in [1.165, 1.54) is 13.0 Å². The van der Waals surface area contributed by atoms with Crippen LogP contribution in [0.5, 0.6) is 0 Å². The van der Waals surface area contributed by atoms with Gasteiger partial charge in [0.05, 0.1) is 19.3 Å². The second-order valence-electron chi connectivity index (χ2n) is 6.93. The first-order chi connectivity index (χ1) is 13.0. The first-order valence-electron chi connectivity index (χ1n) is 8.64. The van der Waals surface area contributed by atoms with Gasteiger partial charge in [-0.1, -0.05) is 5.11 Å². The normalized spacial score (nSPS) is 14.4. The van der Waals surface area contributed by atoms with E-state index in [-0.39, 0.29) is 23.7 Å². The van der Waals surface area contributed by atoms with Crippen molar-refractivity contribution in [1.82, 2.24) is 5.32 Å². The maximum atomic E-state index is 12.2. The van der Waals surface area contributed by atoms with Crippen LogP contribution in [-0.2, 0) is 9.47 Å². The number of nitrogens with zero attached hydrogens (tertiary/aromatic N) is 3. The summed E-state index contributed by atoms with van der Waals surface area (Å²) in [5, 5.41) is 26.1. The zero-order valence-electron chi connectivity index (χ0n) is 16.5. The van der Waals surface area contributed by atoms with Crippen molar-refractivity contribution >= 4 is 12.1 Å². The molecule has 3 N–H and O–H groups in total. The summed E-state index contributed by atoms with van der Waals surface area (Å²) in [5.41, 5.74) is 7.69. The third kappa shape index (κ3) is 6.76. The predicted octanol–water partition coefficient (Wildman–Crippen LogP) is 2.36. The van der Waals surface area contributed by atoms with E-state index in [1.54, 1.807) is 27.7 Å². The summed E-state index contributed by atoms with van der Waals surface area (Å²) in [6.45, 7) is 7.86. The van der Waals surface area contributed by atoms with Gasteiger partial charge in [0.25, 0.3) is 0 Å². The molecule has 1 aromatic heterocycles. The van der Waals surface area contributed by atoms with Gasteiger partial charge in [0.15, 0.2) is 0 Å². The van der Waals surface area contributed by atoms with E-state index in [1.807, 2.05) is 0 Å². The number of hydrogen-bond acceptors (Lipinski definition) is 8. The van der Waals surface area contributed by atoms with Gasteiger partial charge < -0.3 is 29.4 Å². The molecule has 0 fully saturated rings. The Bertz CT molecular complexity index is 734. The highest BCUT2D eigenvalue weighted by molar-refractivity contribution is 5.90. The van der Waals surface area contributed by atoms with Crippen LogP contribution >= 0.6 is 0 Å². The number of aryl methyl sites for hydroxylation is 1. The number of rotatable bonds is 8. The Morgan fingerprint density at radius 1 is 1.39 bits per heavy atom. The van der Waals surface area contributed by atoms with Crippen LogP contribution in [0.2, 0.25) is 0 Å². The first kappa shape index (κ1) is 23.3. The van der Waals surface area contributed by atoms with E-state index in [9.17, 15) is 19.8 Å². The van der Waals surface area contributed by atoms with Gasteiger partial charge in [0.2, 0.25) is 0 Å². The maximum absolute atomic E-state index is 12.2. The van der Waals surface area contributed by atoms with E-state index in [2.05, 4.69) is 15.3 Å². The summed E-state index contributed by atoms with van der Waals surface area (Å²) in [6.07, 6.45) is -4.00. The molecule has 0 bridgehead atoms. The second-order valence-corrected chi connectivity index (χ2v) is 6.93. The number of carbonyl (C=O) groups excluding carboxylic acids is 2. The molecule has 1 heterocycles. The lowest BCUT2D eigenvalue weighted by molar-refractivity contribution is -0.00972. The van der Waals surface area contributed by atoms with E-state index in [0.717, 1.165) is 0 Å². The Hall–Kier alpha value is -2.75. The maximum Gasteiger partial charge on any atom is 0.408 e. The second kappa shape index (κ2) is 9.98. The molecule has 0 spiro atoms. The summed E-state index contributed by atoms with van der Waals surface area (Å²) in [5.74, 6) is -0.421. The molecular formula is C17H26N4O7. The van der Waals surface area contributed by atoms with E-state index in [4.69, 9.17) is 19.4 Å². The molecule has 1 rings (SSSR count). The number of nitrogens with one attached hydrogen (secondary N) is 1. The highest BCUT2D eigenvalue weighted by atomic mass is 16.6. The van der Waals surface area contributed by atoms with Crippen molar-refractivity contribution in [3.8, 4) is 0 Å². The summed E-state index contributed by atoms with van der Waals surface area (Å²) in [7, 11) is 0. The molecule has 0 aliphatic carbocycles. The molecule has 156 valence electrons. The van der Waals surface area contributed by atoms with Crippen LogP contribution in [0.4, 0.5) is 4.79 Å². The van der Waals surface area contributed by atoms with Crippen molar-refractivity contribution in [2.75, 3.05) is 13.2 Å². The number of alkyl carbamates (subject to hydrolysis) is 1. The third-order valence-electron chi connectivity index (χ3n) is 3.48. The number of hydrogen-bond donors (Lipinski definition) is 3. The Kier molecular flexibility index (Phi) is 8.30. The summed E-state index contributed by atoms with van der Waals surface area (Å²) in [4.78, 5) is 26.7. The molecule has 28 heavy (non-hydrogen) atoms. The fourth-order valence-electron chi connectivity index (χ4n) is 2.28. The van der Waals surface area contributed by atoms with Gasteiger partial charge >= 0.3 is 12.1 Å². The highest BCUT2D eigenvalue weighted by Gasteiger charge is 2.34. The van der Waals surface area contributed by atoms with Crippen LogP contribution in [0.1, 0.15) is 55.6 Å². The number of azide groups is 1. The molecule has 1 aromatic rings. The zero-order valence-corrected chi connectivity index (χ0v) is 16.5. The molecule has 0 aliphatic heterocycles. The molecule has 11 heteroatoms. The average molecular weight is 398 g/mol. The number of esters is 1. The molecule has 11 nitrogen and oxygen atoms in total. The SMILES string of the molecule is CCOC(=O)c1cc([C@H](NC(=O)OC(C)(C)C)[C@H](O)[C@H](O)CN=[N+]=[N-])oc1C. The van der Waals surface area contributed by atoms with Crippen LogP contribution < -0.4 is 5.32 Å². The number of amides is 1. The van der Waals surface area contributed by atoms with E-state index in [0.29, 0.717) is 0 Å². The average Bonchev–Trinajstić information content (AvgIpc) is 2.97. The molecule has 0 radical (unpaired) electrons. The van der Waals surface area contributed by atoms with Gasteiger partial charge in [-0.05, 0) is 46.2 Å². The van der Waals surface area contributed by atoms with Gasteiger partial charge in [-0.2, -0.15) is 0 Å². The lowest BCUT2D eigenvalue weighted by Gasteiger charge is -2.27. The Labute approximate surface area is 162 Å². The van der Waals surface area contributed by atoms with Crippen molar-refractivity contribution in [2.24, 2.45) is 5.11 Å². The minimum absolute atomic E-state index is 0.00102. The largest absolute Gasteiger partial charge is 0.463 e. The molecule has 3 atom stereocenters. The summed E-state index contributed by atoms with van der Waals surface area (Å²) >= 11 is 0. The van der Waals surface area contributed by atoms with Crippen LogP contribution in [0.3, 0.4) is 0 Å². The fourth-order valence-corrected chi connectivity index (χ4v) is 2.28. The number of furan rings is 1. The number of aliphatic hydroxyl groups excluding tert-OH is 2. The van der Waals surface area contributed by atoms with Gasteiger partial charge in [0.1, 0.15) is 34.8 Å². The van der Waals surface area contributed by atoms with Crippen LogP contribution in [0.25, 0.3) is 10.4 Å². The van der Waals surface area contributed by atoms with Crippen LogP contribution in [-0.4, -0.2) is 53.2 Å². The minimum atomic E-state index is -1.61. The Morgan fingerprint density at radius 2 is 2.04 bits per heavy atom. The molecule has 0 saturated carbocycles. The van der Waals surface area contributed by atoms with Crippen molar-refractivity contribution in [1.29, 1.82) is 0 Å². The Balaban J connectivity index is 3.19. The fraction of sp³-hybridized carbons (Fsp3) is 0.647. The standard InChI is InChI=1S/C17H26N4O7/c1-6-26-15(24)10-7-12(27-9(10)2)13(14(23)11(22)8-19-21-18)20-16(25)28-17(3,4)5/h7,11,13-14,22-23H,6,8H2,1-5H3,(H,20,25)/t11-,13+,14-/m1/s1. The van der Waals surface area contributed by atoms with Gasteiger partial charge in [-0.15, -0.1) is 0 Å².